The topological polar surface area (TPSA) is 39.2 Å². The average Bonchev–Trinajstić information content (AvgIpc) is 2.63. The molecule has 130 valence electrons. The van der Waals surface area contributed by atoms with Gasteiger partial charge in [0.25, 0.3) is 0 Å². The molecule has 1 heterocycles. The maximum absolute atomic E-state index is 11.6. The van der Waals surface area contributed by atoms with Crippen molar-refractivity contribution in [3.63, 3.8) is 0 Å². The average molecular weight is 335 g/mol. The molecule has 0 saturated carbocycles. The summed E-state index contributed by atoms with van der Waals surface area (Å²) >= 11 is 0. The van der Waals surface area contributed by atoms with E-state index in [1.165, 1.54) is 30.9 Å². The second-order valence-electron chi connectivity index (χ2n) is 5.84. The van der Waals surface area contributed by atoms with Crippen molar-refractivity contribution in [2.24, 2.45) is 0 Å². The predicted octanol–water partition coefficient (Wildman–Crippen LogP) is 5.52. The summed E-state index contributed by atoms with van der Waals surface area (Å²) in [4.78, 5) is 16.2. The van der Waals surface area contributed by atoms with Crippen molar-refractivity contribution in [1.82, 2.24) is 4.98 Å². The molecule has 0 unspecified atom stereocenters. The van der Waals surface area contributed by atoms with Crippen LogP contribution in [0, 0.1) is 0 Å². The van der Waals surface area contributed by atoms with Gasteiger partial charge in [-0.15, -0.1) is 0 Å². The highest BCUT2D eigenvalue weighted by Gasteiger charge is 2.03. The Morgan fingerprint density at radius 1 is 1.08 bits per heavy atom. The van der Waals surface area contributed by atoms with Crippen LogP contribution in [-0.2, 0) is 11.2 Å². The van der Waals surface area contributed by atoms with Crippen LogP contribution in [0.15, 0.2) is 66.9 Å². The third-order valence-corrected chi connectivity index (χ3v) is 3.80. The first-order valence-electron chi connectivity index (χ1n) is 8.79. The summed E-state index contributed by atoms with van der Waals surface area (Å²) in [5.74, 6) is 0.135. The van der Waals surface area contributed by atoms with Crippen LogP contribution < -0.4 is 4.74 Å². The molecule has 3 heteroatoms. The molecule has 0 aliphatic heterocycles. The van der Waals surface area contributed by atoms with Gasteiger partial charge < -0.3 is 4.74 Å². The van der Waals surface area contributed by atoms with Crippen molar-refractivity contribution in [2.45, 2.75) is 39.5 Å². The lowest BCUT2D eigenvalue weighted by Gasteiger charge is -2.05. The van der Waals surface area contributed by atoms with Crippen molar-refractivity contribution in [2.75, 3.05) is 0 Å². The lowest BCUT2D eigenvalue weighted by molar-refractivity contribution is -0.128. The van der Waals surface area contributed by atoms with Gasteiger partial charge in [0.2, 0.25) is 0 Å². The number of hydrogen-bond acceptors (Lipinski definition) is 3. The Labute approximate surface area is 150 Å². The molecule has 0 fully saturated rings. The standard InChI is InChI=1S/C22H25NO2/c1-3-5-7-9-18-11-16-21(23-17-18)19-12-14-20(15-13-19)25-22(24)10-8-6-4-2/h4,6,8,10-17H,3,5,7,9H2,1-2H3/b6-4+,10-8+. The number of aryl methyl sites for hydroxylation is 1. The summed E-state index contributed by atoms with van der Waals surface area (Å²) in [5.41, 5.74) is 3.20. The molecule has 3 nitrogen and oxygen atoms in total. The van der Waals surface area contributed by atoms with Crippen LogP contribution in [0.4, 0.5) is 0 Å². The van der Waals surface area contributed by atoms with Gasteiger partial charge in [-0.25, -0.2) is 4.79 Å². The molecule has 2 rings (SSSR count). The number of unbranched alkanes of at least 4 members (excludes halogenated alkanes) is 2. The first-order valence-corrected chi connectivity index (χ1v) is 8.79. The quantitative estimate of drug-likeness (QED) is 0.210. The Kier molecular flexibility index (Phi) is 7.64. The van der Waals surface area contributed by atoms with Crippen molar-refractivity contribution >= 4 is 5.97 Å². The maximum Gasteiger partial charge on any atom is 0.336 e. The van der Waals surface area contributed by atoms with Crippen molar-refractivity contribution in [3.05, 3.63) is 72.5 Å². The lowest BCUT2D eigenvalue weighted by atomic mass is 10.1. The number of nitrogens with zero attached hydrogens (tertiary/aromatic N) is 1. The summed E-state index contributed by atoms with van der Waals surface area (Å²) in [6, 6.07) is 11.6. The Bertz CT molecular complexity index is 713. The van der Waals surface area contributed by atoms with Gasteiger partial charge in [0.1, 0.15) is 5.75 Å². The molecule has 1 aromatic carbocycles. The molecule has 0 atom stereocenters. The number of benzene rings is 1. The van der Waals surface area contributed by atoms with Crippen LogP contribution in [0.3, 0.4) is 0 Å². The first kappa shape index (κ1) is 18.7. The molecule has 1 aromatic heterocycles. The molecular weight excluding hydrogens is 310 g/mol. The fourth-order valence-corrected chi connectivity index (χ4v) is 2.41. The van der Waals surface area contributed by atoms with Crippen LogP contribution in [-0.4, -0.2) is 11.0 Å². The number of pyridine rings is 1. The van der Waals surface area contributed by atoms with Crippen LogP contribution in [0.5, 0.6) is 5.75 Å². The molecule has 0 radical (unpaired) electrons. The molecule has 0 spiro atoms. The summed E-state index contributed by atoms with van der Waals surface area (Å²) in [7, 11) is 0. The minimum absolute atomic E-state index is 0.389. The zero-order valence-electron chi connectivity index (χ0n) is 14.9. The Morgan fingerprint density at radius 3 is 2.52 bits per heavy atom. The van der Waals surface area contributed by atoms with Gasteiger partial charge in [-0.1, -0.05) is 44.1 Å². The fourth-order valence-electron chi connectivity index (χ4n) is 2.41. The van der Waals surface area contributed by atoms with Crippen molar-refractivity contribution in [1.29, 1.82) is 0 Å². The zero-order chi connectivity index (χ0) is 17.9. The largest absolute Gasteiger partial charge is 0.423 e. The normalized spacial score (nSPS) is 11.3. The van der Waals surface area contributed by atoms with Crippen LogP contribution >= 0.6 is 0 Å². The van der Waals surface area contributed by atoms with E-state index in [0.717, 1.165) is 17.7 Å². The van der Waals surface area contributed by atoms with Crippen molar-refractivity contribution in [3.8, 4) is 17.0 Å². The van der Waals surface area contributed by atoms with Crippen LogP contribution in [0.2, 0.25) is 0 Å². The molecular formula is C22H25NO2. The number of rotatable bonds is 8. The summed E-state index contributed by atoms with van der Waals surface area (Å²) in [6.45, 7) is 4.10. The highest BCUT2D eigenvalue weighted by Crippen LogP contribution is 2.21. The SMILES string of the molecule is C/C=C/C=C/C(=O)Oc1ccc(-c2ccc(CCCCC)cn2)cc1. The monoisotopic (exact) mass is 335 g/mol. The Balaban J connectivity index is 1.96. The predicted molar refractivity (Wildman–Crippen MR) is 102 cm³/mol. The number of hydrogen-bond donors (Lipinski definition) is 0. The number of esters is 1. The highest BCUT2D eigenvalue weighted by atomic mass is 16.5. The Hall–Kier alpha value is -2.68. The highest BCUT2D eigenvalue weighted by molar-refractivity contribution is 5.84. The van der Waals surface area contributed by atoms with E-state index in [9.17, 15) is 4.79 Å². The third-order valence-electron chi connectivity index (χ3n) is 3.80. The van der Waals surface area contributed by atoms with Gasteiger partial charge in [0.05, 0.1) is 5.69 Å². The minimum Gasteiger partial charge on any atom is -0.423 e. The van der Waals surface area contributed by atoms with Gasteiger partial charge in [0.15, 0.2) is 0 Å². The smallest absolute Gasteiger partial charge is 0.336 e. The number of allylic oxidation sites excluding steroid dienone is 3. The van der Waals surface area contributed by atoms with Gasteiger partial charge in [-0.05, 0) is 55.7 Å². The summed E-state index contributed by atoms with van der Waals surface area (Å²) < 4.78 is 5.25. The molecule has 0 N–H and O–H groups in total. The summed E-state index contributed by atoms with van der Waals surface area (Å²) in [6.07, 6.45) is 13.4. The van der Waals surface area contributed by atoms with E-state index in [4.69, 9.17) is 4.74 Å². The molecule has 25 heavy (non-hydrogen) atoms. The van der Waals surface area contributed by atoms with Crippen LogP contribution in [0.25, 0.3) is 11.3 Å². The van der Waals surface area contributed by atoms with Gasteiger partial charge >= 0.3 is 5.97 Å². The molecule has 0 aliphatic rings. The number of aromatic nitrogens is 1. The molecule has 0 aliphatic carbocycles. The second-order valence-corrected chi connectivity index (χ2v) is 5.84. The zero-order valence-corrected chi connectivity index (χ0v) is 14.9. The maximum atomic E-state index is 11.6. The lowest BCUT2D eigenvalue weighted by Crippen LogP contribution is -2.03. The van der Waals surface area contributed by atoms with E-state index in [2.05, 4.69) is 18.0 Å². The van der Waals surface area contributed by atoms with Gasteiger partial charge in [0, 0.05) is 17.8 Å². The number of carbonyl (C=O) groups is 1. The van der Waals surface area contributed by atoms with E-state index in [0.29, 0.717) is 5.75 Å². The Morgan fingerprint density at radius 2 is 1.88 bits per heavy atom. The van der Waals surface area contributed by atoms with Gasteiger partial charge in [-0.3, -0.25) is 4.98 Å². The summed E-state index contributed by atoms with van der Waals surface area (Å²) in [5, 5.41) is 0. The van der Waals surface area contributed by atoms with E-state index < -0.39 is 0 Å². The van der Waals surface area contributed by atoms with E-state index >= 15 is 0 Å². The van der Waals surface area contributed by atoms with Crippen LogP contribution in [0.1, 0.15) is 38.7 Å². The third kappa shape index (κ3) is 6.38. The van der Waals surface area contributed by atoms with E-state index in [1.54, 1.807) is 24.3 Å². The van der Waals surface area contributed by atoms with E-state index in [-0.39, 0.29) is 5.97 Å². The van der Waals surface area contributed by atoms with Gasteiger partial charge in [-0.2, -0.15) is 0 Å². The first-order chi connectivity index (χ1) is 12.2. The molecule has 0 bridgehead atoms. The fraction of sp³-hybridized carbons (Fsp3) is 0.273. The minimum atomic E-state index is -0.389. The van der Waals surface area contributed by atoms with Crippen molar-refractivity contribution < 1.29 is 9.53 Å². The van der Waals surface area contributed by atoms with E-state index in [1.807, 2.05) is 37.4 Å². The second kappa shape index (κ2) is 10.2. The number of ether oxygens (including phenoxy) is 1. The molecule has 2 aromatic rings. The number of carbonyl (C=O) groups excluding carboxylic acids is 1. The molecule has 0 amide bonds. The molecule has 0 saturated heterocycles.